The summed E-state index contributed by atoms with van der Waals surface area (Å²) in [6.07, 6.45) is 8.45. The summed E-state index contributed by atoms with van der Waals surface area (Å²) in [6, 6.07) is 4.30. The molecule has 0 aliphatic heterocycles. The third-order valence-corrected chi connectivity index (χ3v) is 3.78. The molecule has 0 atom stereocenters. The van der Waals surface area contributed by atoms with Gasteiger partial charge in [0.05, 0.1) is 0 Å². The highest BCUT2D eigenvalue weighted by molar-refractivity contribution is 5.88. The zero-order chi connectivity index (χ0) is 13.8. The van der Waals surface area contributed by atoms with Crippen LogP contribution >= 0.6 is 0 Å². The highest BCUT2D eigenvalue weighted by Gasteiger charge is 2.23. The van der Waals surface area contributed by atoms with Crippen LogP contribution in [0.2, 0.25) is 0 Å². The lowest BCUT2D eigenvalue weighted by atomic mass is 9.95. The number of hydrogen-bond donors (Lipinski definition) is 3. The molecule has 0 aromatic carbocycles. The van der Waals surface area contributed by atoms with Gasteiger partial charge in [-0.15, -0.1) is 10.2 Å². The average molecular weight is 275 g/mol. The van der Waals surface area contributed by atoms with E-state index in [0.717, 1.165) is 18.7 Å². The van der Waals surface area contributed by atoms with Crippen molar-refractivity contribution in [2.75, 3.05) is 10.6 Å². The van der Waals surface area contributed by atoms with Gasteiger partial charge in [-0.2, -0.15) is 0 Å². The number of aromatic nitrogens is 2. The number of amides is 2. The van der Waals surface area contributed by atoms with E-state index in [0.29, 0.717) is 17.9 Å². The van der Waals surface area contributed by atoms with E-state index < -0.39 is 0 Å². The van der Waals surface area contributed by atoms with E-state index in [1.807, 2.05) is 6.07 Å². The van der Waals surface area contributed by atoms with E-state index in [1.165, 1.54) is 32.1 Å². The summed E-state index contributed by atoms with van der Waals surface area (Å²) in [5, 5.41) is 17.1. The fraction of sp³-hybridized carbons (Fsp3) is 0.643. The molecule has 1 aromatic rings. The number of rotatable bonds is 4. The summed E-state index contributed by atoms with van der Waals surface area (Å²) in [4.78, 5) is 11.6. The average Bonchev–Trinajstić information content (AvgIpc) is 3.26. The fourth-order valence-corrected chi connectivity index (χ4v) is 2.50. The Morgan fingerprint density at radius 3 is 2.30 bits per heavy atom. The Morgan fingerprint density at radius 1 is 0.950 bits per heavy atom. The summed E-state index contributed by atoms with van der Waals surface area (Å²) < 4.78 is 0. The van der Waals surface area contributed by atoms with Gasteiger partial charge in [0.15, 0.2) is 5.82 Å². The first-order chi connectivity index (χ1) is 9.79. The summed E-state index contributed by atoms with van der Waals surface area (Å²) in [6.45, 7) is 0. The molecule has 108 valence electrons. The van der Waals surface area contributed by atoms with E-state index in [-0.39, 0.29) is 6.03 Å². The predicted molar refractivity (Wildman–Crippen MR) is 77.7 cm³/mol. The molecule has 20 heavy (non-hydrogen) atoms. The van der Waals surface area contributed by atoms with Crippen molar-refractivity contribution in [3.8, 4) is 0 Å². The molecule has 2 amide bonds. The molecule has 0 radical (unpaired) electrons. The minimum atomic E-state index is -0.199. The number of urea groups is 1. The monoisotopic (exact) mass is 275 g/mol. The zero-order valence-corrected chi connectivity index (χ0v) is 11.6. The van der Waals surface area contributed by atoms with E-state index in [1.54, 1.807) is 6.07 Å². The van der Waals surface area contributed by atoms with Crippen molar-refractivity contribution in [1.29, 1.82) is 0 Å². The van der Waals surface area contributed by atoms with Crippen LogP contribution in [-0.2, 0) is 0 Å². The second kappa shape index (κ2) is 6.07. The Kier molecular flexibility index (Phi) is 3.99. The van der Waals surface area contributed by atoms with Gasteiger partial charge in [-0.1, -0.05) is 19.3 Å². The Labute approximate surface area is 118 Å². The third-order valence-electron chi connectivity index (χ3n) is 3.78. The van der Waals surface area contributed by atoms with Crippen molar-refractivity contribution < 1.29 is 4.79 Å². The van der Waals surface area contributed by atoms with Crippen LogP contribution in [-0.4, -0.2) is 28.3 Å². The number of carbonyl (C=O) groups excluding carboxylic acids is 1. The molecule has 6 heteroatoms. The second-order valence-electron chi connectivity index (χ2n) is 5.66. The van der Waals surface area contributed by atoms with Crippen LogP contribution in [0.4, 0.5) is 16.4 Å². The van der Waals surface area contributed by atoms with Crippen LogP contribution in [0.15, 0.2) is 12.1 Å². The maximum atomic E-state index is 11.6. The number of anilines is 2. The molecule has 2 aliphatic rings. The van der Waals surface area contributed by atoms with Gasteiger partial charge in [0, 0.05) is 12.1 Å². The standard InChI is InChI=1S/C14H21N5O/c20-14(16-11-6-7-11)17-13-9-8-12(18-19-13)15-10-4-2-1-3-5-10/h8-11H,1-7H2,(H,15,18)(H2,16,17,19,20). The van der Waals surface area contributed by atoms with Gasteiger partial charge in [0.2, 0.25) is 0 Å². The minimum absolute atomic E-state index is 0.199. The molecule has 0 saturated heterocycles. The molecule has 3 N–H and O–H groups in total. The number of hydrogen-bond acceptors (Lipinski definition) is 4. The first kappa shape index (κ1) is 13.1. The molecule has 3 rings (SSSR count). The highest BCUT2D eigenvalue weighted by Crippen LogP contribution is 2.21. The first-order valence-corrected chi connectivity index (χ1v) is 7.47. The zero-order valence-electron chi connectivity index (χ0n) is 11.6. The summed E-state index contributed by atoms with van der Waals surface area (Å²) in [7, 11) is 0. The van der Waals surface area contributed by atoms with E-state index in [2.05, 4.69) is 26.1 Å². The Bertz CT molecular complexity index is 451. The van der Waals surface area contributed by atoms with Gasteiger partial charge in [-0.3, -0.25) is 5.32 Å². The molecule has 2 aliphatic carbocycles. The maximum Gasteiger partial charge on any atom is 0.320 e. The van der Waals surface area contributed by atoms with Crippen LogP contribution < -0.4 is 16.0 Å². The van der Waals surface area contributed by atoms with E-state index >= 15 is 0 Å². The quantitative estimate of drug-likeness (QED) is 0.789. The van der Waals surface area contributed by atoms with Crippen molar-refractivity contribution in [2.24, 2.45) is 0 Å². The highest BCUT2D eigenvalue weighted by atomic mass is 16.2. The topological polar surface area (TPSA) is 78.9 Å². The molecule has 1 aromatic heterocycles. The van der Waals surface area contributed by atoms with Crippen molar-refractivity contribution >= 4 is 17.7 Å². The SMILES string of the molecule is O=C(Nc1ccc(NC2CCCCC2)nn1)NC1CC1. The van der Waals surface area contributed by atoms with Gasteiger partial charge < -0.3 is 10.6 Å². The molecule has 0 bridgehead atoms. The van der Waals surface area contributed by atoms with Gasteiger partial charge in [0.25, 0.3) is 0 Å². The lowest BCUT2D eigenvalue weighted by Gasteiger charge is -2.22. The first-order valence-electron chi connectivity index (χ1n) is 7.47. The van der Waals surface area contributed by atoms with Gasteiger partial charge in [0.1, 0.15) is 5.82 Å². The van der Waals surface area contributed by atoms with Crippen LogP contribution in [0.1, 0.15) is 44.9 Å². The van der Waals surface area contributed by atoms with Crippen molar-refractivity contribution in [1.82, 2.24) is 15.5 Å². The number of nitrogens with one attached hydrogen (secondary N) is 3. The normalized spacial score (nSPS) is 19.4. The van der Waals surface area contributed by atoms with E-state index in [9.17, 15) is 4.79 Å². The largest absolute Gasteiger partial charge is 0.366 e. The van der Waals surface area contributed by atoms with Gasteiger partial charge >= 0.3 is 6.03 Å². The molecule has 2 fully saturated rings. The summed E-state index contributed by atoms with van der Waals surface area (Å²) in [5.41, 5.74) is 0. The number of carbonyl (C=O) groups is 1. The molecule has 6 nitrogen and oxygen atoms in total. The van der Waals surface area contributed by atoms with Crippen molar-refractivity contribution in [3.63, 3.8) is 0 Å². The van der Waals surface area contributed by atoms with E-state index in [4.69, 9.17) is 0 Å². The predicted octanol–water partition coefficient (Wildman–Crippen LogP) is 2.51. The summed E-state index contributed by atoms with van der Waals surface area (Å²) in [5.74, 6) is 1.27. The summed E-state index contributed by atoms with van der Waals surface area (Å²) >= 11 is 0. The smallest absolute Gasteiger partial charge is 0.320 e. The lowest BCUT2D eigenvalue weighted by Crippen LogP contribution is -2.30. The minimum Gasteiger partial charge on any atom is -0.366 e. The van der Waals surface area contributed by atoms with Crippen LogP contribution in [0, 0.1) is 0 Å². The molecule has 0 unspecified atom stereocenters. The Hall–Kier alpha value is -1.85. The molecule has 0 spiro atoms. The fourth-order valence-electron chi connectivity index (χ4n) is 2.50. The van der Waals surface area contributed by atoms with Crippen LogP contribution in [0.3, 0.4) is 0 Å². The number of nitrogens with zero attached hydrogens (tertiary/aromatic N) is 2. The van der Waals surface area contributed by atoms with Crippen molar-refractivity contribution in [3.05, 3.63) is 12.1 Å². The maximum absolute atomic E-state index is 11.6. The Morgan fingerprint density at radius 2 is 1.65 bits per heavy atom. The second-order valence-corrected chi connectivity index (χ2v) is 5.66. The molecule has 1 heterocycles. The van der Waals surface area contributed by atoms with Crippen molar-refractivity contribution in [2.45, 2.75) is 57.0 Å². The molecule has 2 saturated carbocycles. The van der Waals surface area contributed by atoms with Gasteiger partial charge in [-0.05, 0) is 37.8 Å². The lowest BCUT2D eigenvalue weighted by molar-refractivity contribution is 0.251. The Balaban J connectivity index is 1.49. The van der Waals surface area contributed by atoms with Gasteiger partial charge in [-0.25, -0.2) is 4.79 Å². The molecular weight excluding hydrogens is 254 g/mol. The van der Waals surface area contributed by atoms with Crippen LogP contribution in [0.5, 0.6) is 0 Å². The molecular formula is C14H21N5O. The third kappa shape index (κ3) is 3.82. The van der Waals surface area contributed by atoms with Crippen LogP contribution in [0.25, 0.3) is 0 Å².